The molecule has 2 aromatic carbocycles. The number of hydrogen-bond donors (Lipinski definition) is 1. The van der Waals surface area contributed by atoms with Gasteiger partial charge in [0.05, 0.1) is 24.3 Å². The average Bonchev–Trinajstić information content (AvgIpc) is 3.27. The van der Waals surface area contributed by atoms with Gasteiger partial charge in [-0.05, 0) is 23.1 Å². The molecule has 0 fully saturated rings. The maximum Gasteiger partial charge on any atom is 0.410 e. The monoisotopic (exact) mass is 444 g/mol. The van der Waals surface area contributed by atoms with Gasteiger partial charge < -0.3 is 19.2 Å². The van der Waals surface area contributed by atoms with Crippen LogP contribution in [0.25, 0.3) is 10.9 Å². The quantitative estimate of drug-likeness (QED) is 0.524. The van der Waals surface area contributed by atoms with Crippen molar-refractivity contribution in [1.29, 1.82) is 0 Å². The highest BCUT2D eigenvalue weighted by atomic mass is 16.6. The smallest absolute Gasteiger partial charge is 0.410 e. The molecule has 5 rings (SSSR count). The van der Waals surface area contributed by atoms with Gasteiger partial charge >= 0.3 is 11.8 Å². The average molecular weight is 444 g/mol. The van der Waals surface area contributed by atoms with Gasteiger partial charge in [-0.2, -0.15) is 0 Å². The number of aromatic amines is 1. The third kappa shape index (κ3) is 3.95. The molecule has 8 heteroatoms. The van der Waals surface area contributed by atoms with E-state index in [1.165, 1.54) is 14.0 Å². The van der Waals surface area contributed by atoms with Crippen molar-refractivity contribution in [1.82, 2.24) is 19.0 Å². The summed E-state index contributed by atoms with van der Waals surface area (Å²) >= 11 is 0. The normalized spacial score (nSPS) is 13.2. The number of H-pyrrole nitrogens is 1. The van der Waals surface area contributed by atoms with Crippen molar-refractivity contribution in [3.05, 3.63) is 104 Å². The molecular weight excluding hydrogens is 420 g/mol. The number of carbonyl (C=O) groups excluding carboxylic acids is 1. The summed E-state index contributed by atoms with van der Waals surface area (Å²) in [6, 6.07) is 19.2. The second-order valence-corrected chi connectivity index (χ2v) is 8.25. The van der Waals surface area contributed by atoms with Gasteiger partial charge in [0.2, 0.25) is 0 Å². The molecule has 1 amide bonds. The van der Waals surface area contributed by atoms with Crippen LogP contribution in [-0.4, -0.2) is 31.7 Å². The Morgan fingerprint density at radius 1 is 1.06 bits per heavy atom. The first kappa shape index (κ1) is 20.8. The number of ether oxygens (including phenoxy) is 1. The Morgan fingerprint density at radius 2 is 1.82 bits per heavy atom. The number of nitrogens with zero attached hydrogens (tertiary/aromatic N) is 3. The van der Waals surface area contributed by atoms with E-state index < -0.39 is 6.09 Å². The predicted molar refractivity (Wildman–Crippen MR) is 124 cm³/mol. The molecule has 168 valence electrons. The molecule has 4 aromatic rings. The summed E-state index contributed by atoms with van der Waals surface area (Å²) in [5.74, 6) is 0. The first-order valence-corrected chi connectivity index (χ1v) is 10.8. The summed E-state index contributed by atoms with van der Waals surface area (Å²) in [4.78, 5) is 43.5. The number of benzene rings is 2. The van der Waals surface area contributed by atoms with E-state index in [0.717, 1.165) is 22.2 Å². The van der Waals surface area contributed by atoms with Crippen LogP contribution >= 0.6 is 0 Å². The van der Waals surface area contributed by atoms with Crippen LogP contribution in [0.5, 0.6) is 0 Å². The maximum atomic E-state index is 13.2. The number of carbonyl (C=O) groups is 1. The number of aromatic nitrogens is 3. The molecule has 0 radical (unpaired) electrons. The number of nitrogens with one attached hydrogen (secondary N) is 1. The summed E-state index contributed by atoms with van der Waals surface area (Å²) in [7, 11) is 1.67. The molecule has 3 heterocycles. The van der Waals surface area contributed by atoms with Gasteiger partial charge in [0.25, 0.3) is 5.56 Å². The Labute approximate surface area is 189 Å². The first-order valence-electron chi connectivity index (χ1n) is 10.8. The molecule has 0 saturated carbocycles. The molecule has 8 nitrogen and oxygen atoms in total. The molecule has 0 bridgehead atoms. The predicted octanol–water partition coefficient (Wildman–Crippen LogP) is 2.77. The molecule has 0 saturated heterocycles. The van der Waals surface area contributed by atoms with Crippen molar-refractivity contribution in [3.63, 3.8) is 0 Å². The van der Waals surface area contributed by atoms with Gasteiger partial charge in [-0.1, -0.05) is 48.5 Å². The molecule has 0 atom stereocenters. The highest BCUT2D eigenvalue weighted by Crippen LogP contribution is 2.18. The fourth-order valence-electron chi connectivity index (χ4n) is 4.36. The van der Waals surface area contributed by atoms with Crippen molar-refractivity contribution in [2.75, 3.05) is 6.54 Å². The summed E-state index contributed by atoms with van der Waals surface area (Å²) in [5, 5.41) is 1.05. The highest BCUT2D eigenvalue weighted by Gasteiger charge is 2.27. The Hall–Kier alpha value is -4.07. The maximum absolute atomic E-state index is 13.2. The summed E-state index contributed by atoms with van der Waals surface area (Å²) in [5.41, 5.74) is 3.07. The molecule has 0 aliphatic carbocycles. The van der Waals surface area contributed by atoms with E-state index in [1.54, 1.807) is 7.05 Å². The van der Waals surface area contributed by atoms with E-state index in [9.17, 15) is 14.4 Å². The van der Waals surface area contributed by atoms with Crippen LogP contribution in [0.1, 0.15) is 22.5 Å². The Morgan fingerprint density at radius 3 is 2.61 bits per heavy atom. The zero-order valence-corrected chi connectivity index (χ0v) is 18.3. The van der Waals surface area contributed by atoms with Crippen LogP contribution in [0.4, 0.5) is 4.79 Å². The van der Waals surface area contributed by atoms with Gasteiger partial charge in [0.1, 0.15) is 6.61 Å². The number of hydrogen-bond acceptors (Lipinski definition) is 4. The van der Waals surface area contributed by atoms with Crippen LogP contribution in [0.3, 0.4) is 0 Å². The van der Waals surface area contributed by atoms with Crippen LogP contribution in [0.2, 0.25) is 0 Å². The van der Waals surface area contributed by atoms with Crippen molar-refractivity contribution < 1.29 is 9.53 Å². The molecule has 1 aliphatic rings. The zero-order valence-electron chi connectivity index (χ0n) is 18.3. The Kier molecular flexibility index (Phi) is 5.34. The fraction of sp³-hybridized carbons (Fsp3) is 0.240. The molecule has 0 unspecified atom stereocenters. The van der Waals surface area contributed by atoms with Gasteiger partial charge in [0.15, 0.2) is 0 Å². The van der Waals surface area contributed by atoms with Gasteiger partial charge in [0, 0.05) is 31.2 Å². The van der Waals surface area contributed by atoms with Crippen molar-refractivity contribution in [2.45, 2.75) is 26.1 Å². The molecular formula is C25H24N4O4. The standard InChI is InChI=1S/C25H24N4O4/c1-27-22-11-12-28(25(32)33-16-19-13-18-9-5-6-10-21(18)26-19)15-20(22)23(30)29(24(27)31)14-17-7-3-2-4-8-17/h2-10,13,26H,11-12,14-16H2,1H3. The number of fused-ring (bicyclic) bond motifs is 2. The van der Waals surface area contributed by atoms with Gasteiger partial charge in [-0.15, -0.1) is 0 Å². The van der Waals surface area contributed by atoms with Gasteiger partial charge in [-0.25, -0.2) is 9.59 Å². The molecule has 1 aliphatic heterocycles. The third-order valence-electron chi connectivity index (χ3n) is 6.12. The Bertz CT molecular complexity index is 1420. The van der Waals surface area contributed by atoms with E-state index >= 15 is 0 Å². The van der Waals surface area contributed by atoms with E-state index in [0.29, 0.717) is 24.2 Å². The van der Waals surface area contributed by atoms with E-state index in [-0.39, 0.29) is 30.9 Å². The SMILES string of the molecule is Cn1c2c(c(=O)n(Cc3ccccc3)c1=O)CN(C(=O)OCc1cc3ccccc3[nH]1)CC2. The van der Waals surface area contributed by atoms with E-state index in [2.05, 4.69) is 4.98 Å². The van der Waals surface area contributed by atoms with Crippen LogP contribution in [0, 0.1) is 0 Å². The summed E-state index contributed by atoms with van der Waals surface area (Å²) in [6.07, 6.45) is -0.0635. The number of para-hydroxylation sites is 1. The summed E-state index contributed by atoms with van der Waals surface area (Å²) in [6.45, 7) is 0.795. The second kappa shape index (κ2) is 8.46. The lowest BCUT2D eigenvalue weighted by atomic mass is 10.1. The van der Waals surface area contributed by atoms with Crippen molar-refractivity contribution >= 4 is 17.0 Å². The molecule has 0 spiro atoms. The lowest BCUT2D eigenvalue weighted by Gasteiger charge is -2.29. The first-order chi connectivity index (χ1) is 16.0. The highest BCUT2D eigenvalue weighted by molar-refractivity contribution is 5.80. The molecule has 2 aromatic heterocycles. The molecule has 1 N–H and O–H groups in total. The van der Waals surface area contributed by atoms with Crippen LogP contribution in [-0.2, 0) is 37.9 Å². The van der Waals surface area contributed by atoms with Crippen LogP contribution < -0.4 is 11.2 Å². The van der Waals surface area contributed by atoms with Crippen LogP contribution in [0.15, 0.2) is 70.3 Å². The largest absolute Gasteiger partial charge is 0.443 e. The van der Waals surface area contributed by atoms with Crippen molar-refractivity contribution in [3.8, 4) is 0 Å². The Balaban J connectivity index is 1.35. The zero-order chi connectivity index (χ0) is 22.9. The lowest BCUT2D eigenvalue weighted by molar-refractivity contribution is 0.0901. The third-order valence-corrected chi connectivity index (χ3v) is 6.12. The number of rotatable bonds is 4. The minimum Gasteiger partial charge on any atom is -0.443 e. The van der Waals surface area contributed by atoms with E-state index in [4.69, 9.17) is 4.74 Å². The number of amides is 1. The fourth-order valence-corrected chi connectivity index (χ4v) is 4.36. The minimum absolute atomic E-state index is 0.113. The van der Waals surface area contributed by atoms with E-state index in [1.807, 2.05) is 60.7 Å². The minimum atomic E-state index is -0.484. The second-order valence-electron chi connectivity index (χ2n) is 8.25. The topological polar surface area (TPSA) is 89.3 Å². The van der Waals surface area contributed by atoms with Crippen molar-refractivity contribution in [2.24, 2.45) is 7.05 Å². The molecule has 33 heavy (non-hydrogen) atoms. The lowest BCUT2D eigenvalue weighted by Crippen LogP contribution is -2.48. The summed E-state index contributed by atoms with van der Waals surface area (Å²) < 4.78 is 8.26. The van der Waals surface area contributed by atoms with Gasteiger partial charge in [-0.3, -0.25) is 9.36 Å².